The van der Waals surface area contributed by atoms with Crippen molar-refractivity contribution in [2.24, 2.45) is 0 Å². The van der Waals surface area contributed by atoms with Gasteiger partial charge in [0.2, 0.25) is 0 Å². The minimum absolute atomic E-state index is 0.218. The fourth-order valence-corrected chi connectivity index (χ4v) is 4.83. The Labute approximate surface area is 150 Å². The van der Waals surface area contributed by atoms with Gasteiger partial charge >= 0.3 is 0 Å². The van der Waals surface area contributed by atoms with Crippen LogP contribution in [0, 0.1) is 13.8 Å². The second-order valence-electron chi connectivity index (χ2n) is 6.61. The number of aromatic amines is 1. The summed E-state index contributed by atoms with van der Waals surface area (Å²) in [4.78, 5) is 20.9. The minimum Gasteiger partial charge on any atom is -0.357 e. The molecule has 1 aromatic carbocycles. The van der Waals surface area contributed by atoms with Crippen LogP contribution >= 0.6 is 11.3 Å². The highest BCUT2D eigenvalue weighted by Gasteiger charge is 2.19. The van der Waals surface area contributed by atoms with Crippen LogP contribution in [-0.4, -0.2) is 15.8 Å². The first kappa shape index (κ1) is 16.0. The monoisotopic (exact) mass is 348 g/mol. The first-order chi connectivity index (χ1) is 12.0. The Bertz CT molecular complexity index is 1090. The average Bonchev–Trinajstić information content (AvgIpc) is 3.08. The maximum atomic E-state index is 11.5. The third-order valence-corrected chi connectivity index (χ3v) is 5.68. The van der Waals surface area contributed by atoms with E-state index in [-0.39, 0.29) is 5.78 Å². The maximum Gasteiger partial charge on any atom is 0.130 e. The minimum atomic E-state index is 0.218. The van der Waals surface area contributed by atoms with Gasteiger partial charge in [0.1, 0.15) is 10.6 Å². The van der Waals surface area contributed by atoms with E-state index >= 15 is 0 Å². The van der Waals surface area contributed by atoms with Gasteiger partial charge in [0, 0.05) is 28.8 Å². The number of carbonyl (C=O) groups is 1. The number of hydrogen-bond donors (Lipinski definition) is 1. The zero-order valence-corrected chi connectivity index (χ0v) is 15.5. The Hall–Kier alpha value is -2.46. The normalized spacial score (nSPS) is 11.5. The van der Waals surface area contributed by atoms with Crippen molar-refractivity contribution < 1.29 is 4.79 Å². The van der Waals surface area contributed by atoms with Crippen molar-refractivity contribution in [3.8, 4) is 11.1 Å². The molecule has 0 saturated heterocycles. The summed E-state index contributed by atoms with van der Waals surface area (Å²) in [6.45, 7) is 5.83. The van der Waals surface area contributed by atoms with Crippen LogP contribution in [0.3, 0.4) is 0 Å². The van der Waals surface area contributed by atoms with Crippen molar-refractivity contribution in [2.45, 2.75) is 33.6 Å². The Kier molecular flexibility index (Phi) is 3.92. The lowest BCUT2D eigenvalue weighted by Gasteiger charge is -2.04. The molecule has 0 fully saturated rings. The van der Waals surface area contributed by atoms with E-state index in [9.17, 15) is 4.79 Å². The molecular weight excluding hydrogens is 328 g/mol. The highest BCUT2D eigenvalue weighted by molar-refractivity contribution is 7.26. The molecule has 1 N–H and O–H groups in total. The summed E-state index contributed by atoms with van der Waals surface area (Å²) in [6.07, 6.45) is 1.29. The van der Waals surface area contributed by atoms with E-state index in [1.165, 1.54) is 26.8 Å². The highest BCUT2D eigenvalue weighted by atomic mass is 32.1. The Morgan fingerprint density at radius 3 is 2.68 bits per heavy atom. The lowest BCUT2D eigenvalue weighted by Crippen LogP contribution is -1.96. The molecule has 0 aliphatic carbocycles. The van der Waals surface area contributed by atoms with Crippen molar-refractivity contribution in [1.29, 1.82) is 0 Å². The Morgan fingerprint density at radius 1 is 1.20 bits per heavy atom. The molecule has 4 rings (SSSR count). The molecule has 25 heavy (non-hydrogen) atoms. The molecule has 3 heterocycles. The number of benzene rings is 1. The van der Waals surface area contributed by atoms with Gasteiger partial charge in [0.05, 0.1) is 10.2 Å². The van der Waals surface area contributed by atoms with Crippen molar-refractivity contribution in [1.82, 2.24) is 9.97 Å². The van der Waals surface area contributed by atoms with Crippen LogP contribution in [-0.2, 0) is 11.2 Å². The van der Waals surface area contributed by atoms with Crippen LogP contribution in [0.4, 0.5) is 0 Å². The lowest BCUT2D eigenvalue weighted by atomic mass is 10.0. The SMILES string of the molecule is CC(=O)CCc1[nH]c2c(sc3nc(C)cc(C)c32)c1-c1ccccc1. The van der Waals surface area contributed by atoms with E-state index in [0.29, 0.717) is 6.42 Å². The second kappa shape index (κ2) is 6.12. The molecule has 3 aromatic heterocycles. The van der Waals surface area contributed by atoms with Crippen molar-refractivity contribution >= 4 is 37.6 Å². The standard InChI is InChI=1S/C21H20N2OS/c1-12-11-13(2)22-21-17(12)19-20(25-21)18(15-7-5-4-6-8-15)16(23-19)10-9-14(3)24/h4-8,11,23H,9-10H2,1-3H3. The predicted octanol–water partition coefficient (Wildman–Crippen LogP) is 5.58. The van der Waals surface area contributed by atoms with Gasteiger partial charge in [-0.3, -0.25) is 0 Å². The van der Waals surface area contributed by atoms with E-state index < -0.39 is 0 Å². The fourth-order valence-electron chi connectivity index (χ4n) is 3.49. The zero-order chi connectivity index (χ0) is 17.6. The Balaban J connectivity index is 2.02. The fraction of sp³-hybridized carbons (Fsp3) is 0.238. The molecular formula is C21H20N2OS. The molecule has 0 radical (unpaired) electrons. The second-order valence-corrected chi connectivity index (χ2v) is 7.61. The molecule has 4 heteroatoms. The third kappa shape index (κ3) is 2.76. The van der Waals surface area contributed by atoms with Gasteiger partial charge in [0.15, 0.2) is 0 Å². The molecule has 126 valence electrons. The summed E-state index contributed by atoms with van der Waals surface area (Å²) in [5.74, 6) is 0.218. The number of thiophene rings is 1. The summed E-state index contributed by atoms with van der Waals surface area (Å²) in [5, 5.41) is 1.21. The van der Waals surface area contributed by atoms with Crippen LogP contribution < -0.4 is 0 Å². The number of ketones is 1. The predicted molar refractivity (Wildman–Crippen MR) is 105 cm³/mol. The number of hydrogen-bond acceptors (Lipinski definition) is 3. The third-order valence-electron chi connectivity index (χ3n) is 4.58. The number of nitrogens with zero attached hydrogens (tertiary/aromatic N) is 1. The molecule has 0 saturated carbocycles. The van der Waals surface area contributed by atoms with Crippen LogP contribution in [0.15, 0.2) is 36.4 Å². The smallest absolute Gasteiger partial charge is 0.130 e. The van der Waals surface area contributed by atoms with Crippen molar-refractivity contribution in [3.05, 3.63) is 53.3 Å². The van der Waals surface area contributed by atoms with Crippen molar-refractivity contribution in [3.63, 3.8) is 0 Å². The molecule has 0 bridgehead atoms. The number of carbonyl (C=O) groups excluding carboxylic acids is 1. The molecule has 0 amide bonds. The molecule has 4 aromatic rings. The van der Waals surface area contributed by atoms with Gasteiger partial charge in [0.25, 0.3) is 0 Å². The van der Waals surface area contributed by atoms with Gasteiger partial charge in [-0.1, -0.05) is 30.3 Å². The number of aryl methyl sites for hydroxylation is 3. The van der Waals surface area contributed by atoms with E-state index in [4.69, 9.17) is 4.98 Å². The van der Waals surface area contributed by atoms with Gasteiger partial charge in [-0.25, -0.2) is 4.98 Å². The number of fused-ring (bicyclic) bond motifs is 3. The van der Waals surface area contributed by atoms with Gasteiger partial charge < -0.3 is 9.78 Å². The number of nitrogens with one attached hydrogen (secondary N) is 1. The molecule has 0 aliphatic rings. The van der Waals surface area contributed by atoms with Crippen LogP contribution in [0.2, 0.25) is 0 Å². The molecule has 0 atom stereocenters. The number of H-pyrrole nitrogens is 1. The van der Waals surface area contributed by atoms with E-state index in [1.54, 1.807) is 18.3 Å². The summed E-state index contributed by atoms with van der Waals surface area (Å²) >= 11 is 1.74. The van der Waals surface area contributed by atoms with Crippen LogP contribution in [0.5, 0.6) is 0 Å². The van der Waals surface area contributed by atoms with Crippen LogP contribution in [0.25, 0.3) is 31.6 Å². The number of rotatable bonds is 4. The molecule has 0 unspecified atom stereocenters. The average molecular weight is 348 g/mol. The summed E-state index contributed by atoms with van der Waals surface area (Å²) in [6, 6.07) is 12.6. The first-order valence-corrected chi connectivity index (χ1v) is 9.32. The molecule has 3 nitrogen and oxygen atoms in total. The summed E-state index contributed by atoms with van der Waals surface area (Å²) < 4.78 is 1.24. The van der Waals surface area contributed by atoms with E-state index in [2.05, 4.69) is 42.2 Å². The lowest BCUT2D eigenvalue weighted by molar-refractivity contribution is -0.116. The largest absolute Gasteiger partial charge is 0.357 e. The highest BCUT2D eigenvalue weighted by Crippen LogP contribution is 2.42. The Morgan fingerprint density at radius 2 is 1.96 bits per heavy atom. The topological polar surface area (TPSA) is 45.8 Å². The maximum absolute atomic E-state index is 11.5. The van der Waals surface area contributed by atoms with Crippen LogP contribution in [0.1, 0.15) is 30.3 Å². The van der Waals surface area contributed by atoms with Gasteiger partial charge in [-0.2, -0.15) is 0 Å². The molecule has 0 aliphatic heterocycles. The zero-order valence-electron chi connectivity index (χ0n) is 14.6. The first-order valence-electron chi connectivity index (χ1n) is 8.50. The van der Waals surface area contributed by atoms with Gasteiger partial charge in [-0.15, -0.1) is 11.3 Å². The summed E-state index contributed by atoms with van der Waals surface area (Å²) in [7, 11) is 0. The summed E-state index contributed by atoms with van der Waals surface area (Å²) in [5.41, 5.74) is 7.00. The number of Topliss-reactive ketones (excluding diaryl/α,β-unsaturated/α-hetero) is 1. The quantitative estimate of drug-likeness (QED) is 0.523. The van der Waals surface area contributed by atoms with Crippen molar-refractivity contribution in [2.75, 3.05) is 0 Å². The number of aromatic nitrogens is 2. The van der Waals surface area contributed by atoms with E-state index in [1.807, 2.05) is 13.0 Å². The molecule has 0 spiro atoms. The van der Waals surface area contributed by atoms with Gasteiger partial charge in [-0.05, 0) is 44.4 Å². The van der Waals surface area contributed by atoms with E-state index in [0.717, 1.165) is 28.2 Å². The number of pyridine rings is 1.